The van der Waals surface area contributed by atoms with Gasteiger partial charge in [-0.2, -0.15) is 0 Å². The van der Waals surface area contributed by atoms with Gasteiger partial charge in [0.05, 0.1) is 20.1 Å². The normalized spacial score (nSPS) is 10.6. The summed E-state index contributed by atoms with van der Waals surface area (Å²) in [4.78, 5) is 15.3. The Balaban J connectivity index is 1.43. The fourth-order valence-electron chi connectivity index (χ4n) is 2.72. The van der Waals surface area contributed by atoms with Crippen LogP contribution < -0.4 is 14.8 Å². The second-order valence-electron chi connectivity index (χ2n) is 5.92. The standard InChI is InChI=1S/C20H22N2O3/c1-14-11-16-12-15(3-8-19(16)22-14)13-20(23)21-9-10-25-18-6-4-17(24-2)5-7-18/h3-8,11-12,22H,9-10,13H2,1-2H3,(H,21,23). The van der Waals surface area contributed by atoms with Crippen molar-refractivity contribution in [1.29, 1.82) is 0 Å². The molecule has 3 rings (SSSR count). The number of hydrogen-bond acceptors (Lipinski definition) is 3. The molecule has 0 saturated carbocycles. The topological polar surface area (TPSA) is 63.4 Å². The Labute approximate surface area is 147 Å². The number of aromatic amines is 1. The predicted molar refractivity (Wildman–Crippen MR) is 98.2 cm³/mol. The zero-order valence-corrected chi connectivity index (χ0v) is 14.5. The van der Waals surface area contributed by atoms with E-state index >= 15 is 0 Å². The van der Waals surface area contributed by atoms with Crippen LogP contribution in [0.2, 0.25) is 0 Å². The highest BCUT2D eigenvalue weighted by molar-refractivity contribution is 5.84. The highest BCUT2D eigenvalue weighted by Crippen LogP contribution is 2.18. The summed E-state index contributed by atoms with van der Waals surface area (Å²) in [5.74, 6) is 1.53. The van der Waals surface area contributed by atoms with E-state index in [0.717, 1.165) is 33.7 Å². The molecular formula is C20H22N2O3. The number of amides is 1. The second kappa shape index (κ2) is 7.75. The minimum atomic E-state index is -0.00932. The van der Waals surface area contributed by atoms with Gasteiger partial charge in [0, 0.05) is 11.2 Å². The maximum Gasteiger partial charge on any atom is 0.224 e. The molecule has 0 aliphatic heterocycles. The summed E-state index contributed by atoms with van der Waals surface area (Å²) in [5, 5.41) is 4.01. The van der Waals surface area contributed by atoms with Gasteiger partial charge in [-0.25, -0.2) is 0 Å². The maximum atomic E-state index is 12.1. The van der Waals surface area contributed by atoms with Gasteiger partial charge in [-0.1, -0.05) is 6.07 Å². The average molecular weight is 338 g/mol. The molecule has 0 fully saturated rings. The number of fused-ring (bicyclic) bond motifs is 1. The van der Waals surface area contributed by atoms with E-state index in [2.05, 4.69) is 16.4 Å². The Morgan fingerprint density at radius 2 is 1.84 bits per heavy atom. The van der Waals surface area contributed by atoms with E-state index in [9.17, 15) is 4.79 Å². The summed E-state index contributed by atoms with van der Waals surface area (Å²) >= 11 is 0. The van der Waals surface area contributed by atoms with E-state index in [-0.39, 0.29) is 5.91 Å². The number of rotatable bonds is 7. The first-order valence-corrected chi connectivity index (χ1v) is 8.26. The van der Waals surface area contributed by atoms with Gasteiger partial charge in [0.25, 0.3) is 0 Å². The number of aromatic nitrogens is 1. The highest BCUT2D eigenvalue weighted by Gasteiger charge is 2.05. The number of aryl methyl sites for hydroxylation is 1. The van der Waals surface area contributed by atoms with Crippen molar-refractivity contribution in [3.05, 3.63) is 59.8 Å². The number of carbonyl (C=O) groups is 1. The molecule has 0 radical (unpaired) electrons. The number of H-pyrrole nitrogens is 1. The van der Waals surface area contributed by atoms with Crippen LogP contribution >= 0.6 is 0 Å². The summed E-state index contributed by atoms with van der Waals surface area (Å²) in [6.45, 7) is 2.92. The third kappa shape index (κ3) is 4.53. The van der Waals surface area contributed by atoms with E-state index < -0.39 is 0 Å². The molecular weight excluding hydrogens is 316 g/mol. The molecule has 0 bridgehead atoms. The summed E-state index contributed by atoms with van der Waals surface area (Å²) in [6, 6.07) is 15.5. The number of hydrogen-bond donors (Lipinski definition) is 2. The van der Waals surface area contributed by atoms with Gasteiger partial charge in [-0.15, -0.1) is 0 Å². The van der Waals surface area contributed by atoms with E-state index in [4.69, 9.17) is 9.47 Å². The largest absolute Gasteiger partial charge is 0.497 e. The van der Waals surface area contributed by atoms with Crippen LogP contribution in [-0.2, 0) is 11.2 Å². The van der Waals surface area contributed by atoms with Gasteiger partial charge in [0.1, 0.15) is 18.1 Å². The molecule has 0 saturated heterocycles. The van der Waals surface area contributed by atoms with E-state index in [1.54, 1.807) is 7.11 Å². The first-order chi connectivity index (χ1) is 12.1. The van der Waals surface area contributed by atoms with Crippen molar-refractivity contribution in [2.45, 2.75) is 13.3 Å². The zero-order chi connectivity index (χ0) is 17.6. The fourth-order valence-corrected chi connectivity index (χ4v) is 2.72. The predicted octanol–water partition coefficient (Wildman–Crippen LogP) is 3.22. The number of nitrogens with one attached hydrogen (secondary N) is 2. The molecule has 130 valence electrons. The van der Waals surface area contributed by atoms with E-state index in [1.165, 1.54) is 0 Å². The first-order valence-electron chi connectivity index (χ1n) is 8.26. The molecule has 0 spiro atoms. The highest BCUT2D eigenvalue weighted by atomic mass is 16.5. The smallest absolute Gasteiger partial charge is 0.224 e. The van der Waals surface area contributed by atoms with Gasteiger partial charge in [-0.3, -0.25) is 4.79 Å². The lowest BCUT2D eigenvalue weighted by atomic mass is 10.1. The Morgan fingerprint density at radius 3 is 2.60 bits per heavy atom. The van der Waals surface area contributed by atoms with Crippen molar-refractivity contribution in [3.8, 4) is 11.5 Å². The second-order valence-corrected chi connectivity index (χ2v) is 5.92. The molecule has 2 aromatic carbocycles. The first kappa shape index (κ1) is 16.9. The van der Waals surface area contributed by atoms with Crippen molar-refractivity contribution in [3.63, 3.8) is 0 Å². The quantitative estimate of drug-likeness (QED) is 0.650. The van der Waals surface area contributed by atoms with Crippen LogP contribution in [0.25, 0.3) is 10.9 Å². The molecule has 25 heavy (non-hydrogen) atoms. The van der Waals surface area contributed by atoms with Crippen LogP contribution in [0.4, 0.5) is 0 Å². The monoisotopic (exact) mass is 338 g/mol. The lowest BCUT2D eigenvalue weighted by Crippen LogP contribution is -2.29. The van der Waals surface area contributed by atoms with Crippen LogP contribution in [0.15, 0.2) is 48.5 Å². The molecule has 0 unspecified atom stereocenters. The summed E-state index contributed by atoms with van der Waals surface area (Å²) < 4.78 is 10.7. The van der Waals surface area contributed by atoms with Crippen molar-refractivity contribution in [2.75, 3.05) is 20.3 Å². The van der Waals surface area contributed by atoms with Crippen LogP contribution in [0, 0.1) is 6.92 Å². The zero-order valence-electron chi connectivity index (χ0n) is 14.5. The van der Waals surface area contributed by atoms with Crippen LogP contribution in [0.1, 0.15) is 11.3 Å². The lowest BCUT2D eigenvalue weighted by Gasteiger charge is -2.08. The minimum absolute atomic E-state index is 0.00932. The third-order valence-electron chi connectivity index (χ3n) is 3.94. The Kier molecular flexibility index (Phi) is 5.23. The SMILES string of the molecule is COc1ccc(OCCNC(=O)Cc2ccc3[nH]c(C)cc3c2)cc1. The molecule has 0 aliphatic carbocycles. The molecule has 5 nitrogen and oxygen atoms in total. The lowest BCUT2D eigenvalue weighted by molar-refractivity contribution is -0.120. The van der Waals surface area contributed by atoms with Gasteiger partial charge < -0.3 is 19.8 Å². The molecule has 1 heterocycles. The molecule has 1 aromatic heterocycles. The van der Waals surface area contributed by atoms with E-state index in [1.807, 2.05) is 49.4 Å². The van der Waals surface area contributed by atoms with Crippen LogP contribution in [-0.4, -0.2) is 31.2 Å². The number of benzene rings is 2. The van der Waals surface area contributed by atoms with Gasteiger partial charge in [0.15, 0.2) is 0 Å². The van der Waals surface area contributed by atoms with Crippen molar-refractivity contribution < 1.29 is 14.3 Å². The van der Waals surface area contributed by atoms with Crippen LogP contribution in [0.5, 0.6) is 11.5 Å². The number of carbonyl (C=O) groups excluding carboxylic acids is 1. The van der Waals surface area contributed by atoms with E-state index in [0.29, 0.717) is 19.6 Å². The maximum absolute atomic E-state index is 12.1. The molecule has 0 atom stereocenters. The van der Waals surface area contributed by atoms with Gasteiger partial charge in [0.2, 0.25) is 5.91 Å². The number of ether oxygens (including phenoxy) is 2. The molecule has 5 heteroatoms. The molecule has 3 aromatic rings. The minimum Gasteiger partial charge on any atom is -0.497 e. The number of methoxy groups -OCH3 is 1. The molecule has 1 amide bonds. The summed E-state index contributed by atoms with van der Waals surface area (Å²) in [5.41, 5.74) is 3.21. The van der Waals surface area contributed by atoms with Crippen molar-refractivity contribution in [2.24, 2.45) is 0 Å². The van der Waals surface area contributed by atoms with Gasteiger partial charge >= 0.3 is 0 Å². The molecule has 2 N–H and O–H groups in total. The Morgan fingerprint density at radius 1 is 1.08 bits per heavy atom. The summed E-state index contributed by atoms with van der Waals surface area (Å²) in [7, 11) is 1.63. The van der Waals surface area contributed by atoms with Crippen molar-refractivity contribution in [1.82, 2.24) is 10.3 Å². The van der Waals surface area contributed by atoms with Gasteiger partial charge in [-0.05, 0) is 60.3 Å². The van der Waals surface area contributed by atoms with Crippen molar-refractivity contribution >= 4 is 16.8 Å². The summed E-state index contributed by atoms with van der Waals surface area (Å²) in [6.07, 6.45) is 0.364. The average Bonchev–Trinajstić information content (AvgIpc) is 2.98. The Hall–Kier alpha value is -2.95. The van der Waals surface area contributed by atoms with Crippen LogP contribution in [0.3, 0.4) is 0 Å². The Bertz CT molecular complexity index is 853. The fraction of sp³-hybridized carbons (Fsp3) is 0.250. The third-order valence-corrected chi connectivity index (χ3v) is 3.94. The molecule has 0 aliphatic rings.